The van der Waals surface area contributed by atoms with Crippen LogP contribution in [-0.2, 0) is 4.74 Å². The second-order valence-corrected chi connectivity index (χ2v) is 6.43. The van der Waals surface area contributed by atoms with Crippen LogP contribution >= 0.6 is 0 Å². The zero-order valence-corrected chi connectivity index (χ0v) is 13.7. The fourth-order valence-corrected chi connectivity index (χ4v) is 2.23. The Balaban J connectivity index is 1.97. The van der Waals surface area contributed by atoms with E-state index in [0.717, 1.165) is 6.42 Å². The number of likely N-dealkylation sites (N-methyl/N-ethyl adjacent to an activating group) is 1. The molecule has 1 aliphatic rings. The summed E-state index contributed by atoms with van der Waals surface area (Å²) in [6.45, 7) is 6.67. The van der Waals surface area contributed by atoms with E-state index in [9.17, 15) is 9.59 Å². The molecule has 9 heteroatoms. The number of carboxylic acid groups (broad SMARTS) is 1. The molecule has 0 unspecified atom stereocenters. The molecule has 1 fully saturated rings. The van der Waals surface area contributed by atoms with E-state index in [1.807, 2.05) is 25.7 Å². The topological polar surface area (TPSA) is 109 Å². The monoisotopic (exact) mass is 323 g/mol. The second kappa shape index (κ2) is 6.35. The second-order valence-electron chi connectivity index (χ2n) is 6.43. The van der Waals surface area contributed by atoms with Crippen LogP contribution in [0.15, 0.2) is 6.20 Å². The van der Waals surface area contributed by atoms with Crippen molar-refractivity contribution in [1.82, 2.24) is 20.1 Å². The molecule has 0 aliphatic carbocycles. The summed E-state index contributed by atoms with van der Waals surface area (Å²) in [5.41, 5.74) is -0.737. The smallest absolute Gasteiger partial charge is 0.410 e. The molecular formula is C14H21N5O4. The Hall–Kier alpha value is -2.45. The molecule has 0 radical (unpaired) electrons. The van der Waals surface area contributed by atoms with Crippen molar-refractivity contribution in [1.29, 1.82) is 0 Å². The number of aromatic carboxylic acids is 1. The van der Waals surface area contributed by atoms with Gasteiger partial charge in [0.15, 0.2) is 5.69 Å². The van der Waals surface area contributed by atoms with Crippen LogP contribution in [0.5, 0.6) is 0 Å². The summed E-state index contributed by atoms with van der Waals surface area (Å²) in [6.07, 6.45) is 1.56. The first-order valence-corrected chi connectivity index (χ1v) is 7.31. The van der Waals surface area contributed by atoms with Gasteiger partial charge in [-0.15, -0.1) is 10.2 Å². The van der Waals surface area contributed by atoms with Crippen molar-refractivity contribution in [3.8, 4) is 0 Å². The van der Waals surface area contributed by atoms with Gasteiger partial charge in [-0.3, -0.25) is 0 Å². The number of anilines is 1. The Bertz CT molecular complexity index is 584. The number of amides is 1. The fourth-order valence-electron chi connectivity index (χ4n) is 2.23. The van der Waals surface area contributed by atoms with E-state index >= 15 is 0 Å². The van der Waals surface area contributed by atoms with Crippen molar-refractivity contribution in [3.05, 3.63) is 11.9 Å². The molecule has 1 N–H and O–H groups in total. The number of carbonyl (C=O) groups is 2. The Labute approximate surface area is 134 Å². The Morgan fingerprint density at radius 2 is 2.09 bits per heavy atom. The molecule has 0 spiro atoms. The number of rotatable bonds is 3. The lowest BCUT2D eigenvalue weighted by molar-refractivity contribution is 0.0237. The molecule has 1 aliphatic heterocycles. The van der Waals surface area contributed by atoms with E-state index in [-0.39, 0.29) is 17.8 Å². The first kappa shape index (κ1) is 16.9. The molecule has 23 heavy (non-hydrogen) atoms. The number of nitrogens with zero attached hydrogens (tertiary/aromatic N) is 5. The van der Waals surface area contributed by atoms with Gasteiger partial charge in [-0.05, 0) is 27.2 Å². The van der Waals surface area contributed by atoms with Crippen LogP contribution in [0.1, 0.15) is 37.7 Å². The predicted octanol–water partition coefficient (Wildman–Crippen LogP) is 1.02. The van der Waals surface area contributed by atoms with Crippen LogP contribution < -0.4 is 4.90 Å². The van der Waals surface area contributed by atoms with Crippen molar-refractivity contribution in [3.63, 3.8) is 0 Å². The summed E-state index contributed by atoms with van der Waals surface area (Å²) >= 11 is 0. The van der Waals surface area contributed by atoms with Gasteiger partial charge in [0.05, 0.1) is 12.2 Å². The number of hydrogen-bond donors (Lipinski definition) is 1. The molecule has 2 rings (SSSR count). The lowest BCUT2D eigenvalue weighted by atomic mass is 10.2. The Morgan fingerprint density at radius 3 is 2.61 bits per heavy atom. The highest BCUT2D eigenvalue weighted by Crippen LogP contribution is 2.20. The number of carboxylic acids is 1. The SMILES string of the molecule is CN(C(=O)OC(C)(C)C)[C@@H]1CCN(c2ncc(C(=O)O)nn2)C1. The lowest BCUT2D eigenvalue weighted by Gasteiger charge is -2.28. The molecule has 0 bridgehead atoms. The molecule has 0 aromatic carbocycles. The van der Waals surface area contributed by atoms with Crippen LogP contribution in [0, 0.1) is 0 Å². The number of hydrogen-bond acceptors (Lipinski definition) is 7. The van der Waals surface area contributed by atoms with E-state index < -0.39 is 11.6 Å². The summed E-state index contributed by atoms with van der Waals surface area (Å²) in [7, 11) is 1.70. The summed E-state index contributed by atoms with van der Waals surface area (Å²) in [6, 6.07) is -0.0207. The molecule has 1 saturated heterocycles. The van der Waals surface area contributed by atoms with Gasteiger partial charge in [0.1, 0.15) is 5.60 Å². The predicted molar refractivity (Wildman–Crippen MR) is 81.4 cm³/mol. The maximum absolute atomic E-state index is 12.1. The molecule has 2 heterocycles. The average Bonchev–Trinajstić information content (AvgIpc) is 2.94. The van der Waals surface area contributed by atoms with Gasteiger partial charge in [0, 0.05) is 20.1 Å². The highest BCUT2D eigenvalue weighted by molar-refractivity contribution is 5.84. The van der Waals surface area contributed by atoms with Crippen molar-refractivity contribution in [2.45, 2.75) is 38.8 Å². The van der Waals surface area contributed by atoms with Gasteiger partial charge in [-0.25, -0.2) is 14.6 Å². The van der Waals surface area contributed by atoms with Gasteiger partial charge < -0.3 is 19.6 Å². The van der Waals surface area contributed by atoms with E-state index in [1.54, 1.807) is 11.9 Å². The third-order valence-corrected chi connectivity index (χ3v) is 3.44. The third kappa shape index (κ3) is 4.27. The largest absolute Gasteiger partial charge is 0.476 e. The van der Waals surface area contributed by atoms with Gasteiger partial charge >= 0.3 is 12.1 Å². The van der Waals surface area contributed by atoms with Crippen molar-refractivity contribution in [2.75, 3.05) is 25.0 Å². The molecule has 0 saturated carbocycles. The minimum Gasteiger partial charge on any atom is -0.476 e. The van der Waals surface area contributed by atoms with Crippen LogP contribution in [0.4, 0.5) is 10.7 Å². The summed E-state index contributed by atoms with van der Waals surface area (Å²) in [5.74, 6) is -0.810. The van der Waals surface area contributed by atoms with Crippen molar-refractivity contribution < 1.29 is 19.4 Å². The maximum atomic E-state index is 12.1. The minimum atomic E-state index is -1.17. The molecule has 1 atom stereocenters. The first-order chi connectivity index (χ1) is 10.7. The third-order valence-electron chi connectivity index (χ3n) is 3.44. The van der Waals surface area contributed by atoms with Crippen LogP contribution in [0.25, 0.3) is 0 Å². The Morgan fingerprint density at radius 1 is 1.39 bits per heavy atom. The van der Waals surface area contributed by atoms with Gasteiger partial charge in [0.2, 0.25) is 5.95 Å². The van der Waals surface area contributed by atoms with Crippen LogP contribution in [-0.4, -0.2) is 69.0 Å². The van der Waals surface area contributed by atoms with Crippen molar-refractivity contribution in [2.24, 2.45) is 0 Å². The highest BCUT2D eigenvalue weighted by Gasteiger charge is 2.32. The normalized spacial score (nSPS) is 17.9. The molecule has 1 amide bonds. The van der Waals surface area contributed by atoms with Crippen LogP contribution in [0.2, 0.25) is 0 Å². The van der Waals surface area contributed by atoms with E-state index in [0.29, 0.717) is 19.0 Å². The van der Waals surface area contributed by atoms with E-state index in [2.05, 4.69) is 15.2 Å². The summed E-state index contributed by atoms with van der Waals surface area (Å²) in [5, 5.41) is 16.2. The first-order valence-electron chi connectivity index (χ1n) is 7.31. The summed E-state index contributed by atoms with van der Waals surface area (Å²) < 4.78 is 5.35. The number of carbonyl (C=O) groups excluding carboxylic acids is 1. The minimum absolute atomic E-state index is 0.0207. The fraction of sp³-hybridized carbons (Fsp3) is 0.643. The highest BCUT2D eigenvalue weighted by atomic mass is 16.6. The van der Waals surface area contributed by atoms with Gasteiger partial charge in [-0.2, -0.15) is 0 Å². The standard InChI is InChI=1S/C14H21N5O4/c1-14(2,3)23-13(22)18(4)9-5-6-19(8-9)12-15-7-10(11(20)21)16-17-12/h7,9H,5-6,8H2,1-4H3,(H,20,21)/t9-/m1/s1. The molecule has 9 nitrogen and oxygen atoms in total. The zero-order valence-electron chi connectivity index (χ0n) is 13.7. The molecule has 1 aromatic heterocycles. The molecule has 1 aromatic rings. The maximum Gasteiger partial charge on any atom is 0.410 e. The number of aromatic nitrogens is 3. The molecule has 126 valence electrons. The van der Waals surface area contributed by atoms with Crippen molar-refractivity contribution >= 4 is 18.0 Å². The average molecular weight is 323 g/mol. The van der Waals surface area contributed by atoms with E-state index in [4.69, 9.17) is 9.84 Å². The van der Waals surface area contributed by atoms with E-state index in [1.165, 1.54) is 6.20 Å². The lowest BCUT2D eigenvalue weighted by Crippen LogP contribution is -2.42. The zero-order chi connectivity index (χ0) is 17.2. The number of ether oxygens (including phenoxy) is 1. The molecular weight excluding hydrogens is 302 g/mol. The van der Waals surface area contributed by atoms with Crippen LogP contribution in [0.3, 0.4) is 0 Å². The quantitative estimate of drug-likeness (QED) is 0.878. The summed E-state index contributed by atoms with van der Waals surface area (Å²) in [4.78, 5) is 30.3. The Kier molecular flexibility index (Phi) is 4.67. The van der Waals surface area contributed by atoms with Gasteiger partial charge in [0.25, 0.3) is 0 Å². The van der Waals surface area contributed by atoms with Gasteiger partial charge in [-0.1, -0.05) is 0 Å².